The average molecular weight is 194 g/mol. The first-order valence-corrected chi connectivity index (χ1v) is 4.19. The summed E-state index contributed by atoms with van der Waals surface area (Å²) < 4.78 is 18.0. The highest BCUT2D eigenvalue weighted by Gasteiger charge is 2.09. The zero-order valence-electron chi connectivity index (χ0n) is 7.83. The Balaban J connectivity index is 2.97. The molecule has 1 aromatic carbocycles. The fourth-order valence-corrected chi connectivity index (χ4v) is 1.10. The van der Waals surface area contributed by atoms with Crippen molar-refractivity contribution in [2.45, 2.75) is 13.0 Å². The molecule has 0 aliphatic carbocycles. The van der Waals surface area contributed by atoms with Gasteiger partial charge in [-0.2, -0.15) is 0 Å². The van der Waals surface area contributed by atoms with Crippen LogP contribution < -0.4 is 4.74 Å². The molecule has 2 nitrogen and oxygen atoms in total. The lowest BCUT2D eigenvalue weighted by Crippen LogP contribution is -2.01. The maximum Gasteiger partial charge on any atom is 0.148 e. The molecule has 0 heterocycles. The van der Waals surface area contributed by atoms with Crippen molar-refractivity contribution < 1.29 is 14.2 Å². The maximum absolute atomic E-state index is 12.8. The van der Waals surface area contributed by atoms with Gasteiger partial charge in [-0.3, -0.25) is 0 Å². The Hall–Kier alpha value is -1.53. The van der Waals surface area contributed by atoms with E-state index in [0.29, 0.717) is 11.3 Å². The Morgan fingerprint density at radius 1 is 1.64 bits per heavy atom. The van der Waals surface area contributed by atoms with E-state index < -0.39 is 11.9 Å². The number of aliphatic hydroxyl groups is 1. The number of hydrogen-bond acceptors (Lipinski definition) is 2. The molecule has 0 bridgehead atoms. The summed E-state index contributed by atoms with van der Waals surface area (Å²) in [5.41, 5.74) is 0.403. The zero-order valence-corrected chi connectivity index (χ0v) is 7.83. The Labute approximate surface area is 82.3 Å². The van der Waals surface area contributed by atoms with Crippen molar-refractivity contribution in [1.29, 1.82) is 0 Å². The van der Waals surface area contributed by atoms with Crippen LogP contribution in [0.15, 0.2) is 18.2 Å². The minimum absolute atomic E-state index is 0.103. The quantitative estimate of drug-likeness (QED) is 0.744. The first-order chi connectivity index (χ1) is 6.65. The molecule has 0 amide bonds. The normalized spacial score (nSPS) is 11.9. The number of hydrogen-bond donors (Lipinski definition) is 1. The topological polar surface area (TPSA) is 29.5 Å². The Kier molecular flexibility index (Phi) is 3.49. The predicted octanol–water partition coefficient (Wildman–Crippen LogP) is 1.89. The lowest BCUT2D eigenvalue weighted by Gasteiger charge is -2.11. The Bertz CT molecular complexity index is 353. The highest BCUT2D eigenvalue weighted by atomic mass is 19.1. The predicted molar refractivity (Wildman–Crippen MR) is 51.4 cm³/mol. The second-order valence-electron chi connectivity index (χ2n) is 2.85. The SMILES string of the molecule is C#CCOc1ccc(F)cc1[C@@H](C)O. The van der Waals surface area contributed by atoms with Crippen molar-refractivity contribution in [3.8, 4) is 18.1 Å². The van der Waals surface area contributed by atoms with Crippen LogP contribution >= 0.6 is 0 Å². The Morgan fingerprint density at radius 2 is 2.36 bits per heavy atom. The van der Waals surface area contributed by atoms with Gasteiger partial charge in [-0.1, -0.05) is 5.92 Å². The third-order valence-corrected chi connectivity index (χ3v) is 1.73. The van der Waals surface area contributed by atoms with Crippen molar-refractivity contribution in [3.05, 3.63) is 29.6 Å². The van der Waals surface area contributed by atoms with Gasteiger partial charge in [0, 0.05) is 5.56 Å². The molecule has 1 N–H and O–H groups in total. The summed E-state index contributed by atoms with van der Waals surface area (Å²) in [4.78, 5) is 0. The van der Waals surface area contributed by atoms with Gasteiger partial charge in [-0.05, 0) is 25.1 Å². The van der Waals surface area contributed by atoms with Gasteiger partial charge in [0.25, 0.3) is 0 Å². The molecular weight excluding hydrogens is 183 g/mol. The molecule has 0 aliphatic heterocycles. The second kappa shape index (κ2) is 4.64. The van der Waals surface area contributed by atoms with Crippen LogP contribution in [-0.4, -0.2) is 11.7 Å². The summed E-state index contributed by atoms with van der Waals surface area (Å²) in [6.45, 7) is 1.64. The van der Waals surface area contributed by atoms with Gasteiger partial charge in [0.05, 0.1) is 6.10 Å². The molecule has 0 unspecified atom stereocenters. The van der Waals surface area contributed by atoms with E-state index in [-0.39, 0.29) is 6.61 Å². The molecule has 0 fully saturated rings. The summed E-state index contributed by atoms with van der Waals surface area (Å²) in [7, 11) is 0. The molecule has 1 atom stereocenters. The summed E-state index contributed by atoms with van der Waals surface area (Å²) in [6.07, 6.45) is 4.24. The summed E-state index contributed by atoms with van der Waals surface area (Å²) >= 11 is 0. The summed E-state index contributed by atoms with van der Waals surface area (Å²) in [5, 5.41) is 9.33. The fourth-order valence-electron chi connectivity index (χ4n) is 1.10. The van der Waals surface area contributed by atoms with Gasteiger partial charge in [0.15, 0.2) is 0 Å². The fraction of sp³-hybridized carbons (Fsp3) is 0.273. The van der Waals surface area contributed by atoms with Crippen molar-refractivity contribution >= 4 is 0 Å². The van der Waals surface area contributed by atoms with E-state index in [9.17, 15) is 9.50 Å². The van der Waals surface area contributed by atoms with Gasteiger partial charge < -0.3 is 9.84 Å². The lowest BCUT2D eigenvalue weighted by molar-refractivity contribution is 0.192. The van der Waals surface area contributed by atoms with Crippen molar-refractivity contribution in [2.75, 3.05) is 6.61 Å². The Morgan fingerprint density at radius 3 is 2.93 bits per heavy atom. The van der Waals surface area contributed by atoms with E-state index in [1.165, 1.54) is 25.1 Å². The monoisotopic (exact) mass is 194 g/mol. The van der Waals surface area contributed by atoms with Gasteiger partial charge in [-0.15, -0.1) is 6.42 Å². The molecule has 1 aromatic rings. The second-order valence-corrected chi connectivity index (χ2v) is 2.85. The van der Waals surface area contributed by atoms with Crippen LogP contribution in [0.5, 0.6) is 5.75 Å². The largest absolute Gasteiger partial charge is 0.481 e. The third-order valence-electron chi connectivity index (χ3n) is 1.73. The molecule has 3 heteroatoms. The van der Waals surface area contributed by atoms with E-state index in [2.05, 4.69) is 5.92 Å². The smallest absolute Gasteiger partial charge is 0.148 e. The number of halogens is 1. The van der Waals surface area contributed by atoms with Gasteiger partial charge in [0.2, 0.25) is 0 Å². The minimum Gasteiger partial charge on any atom is -0.481 e. The van der Waals surface area contributed by atoms with Crippen LogP contribution in [0.4, 0.5) is 4.39 Å². The molecule has 14 heavy (non-hydrogen) atoms. The van der Waals surface area contributed by atoms with Gasteiger partial charge in [0.1, 0.15) is 18.2 Å². The maximum atomic E-state index is 12.8. The average Bonchev–Trinajstić information content (AvgIpc) is 2.15. The van der Waals surface area contributed by atoms with Crippen LogP contribution in [0.3, 0.4) is 0 Å². The summed E-state index contributed by atoms with van der Waals surface area (Å²) in [6, 6.07) is 3.95. The first kappa shape index (κ1) is 10.6. The number of benzene rings is 1. The number of rotatable bonds is 3. The van der Waals surface area contributed by atoms with Crippen LogP contribution in [0.2, 0.25) is 0 Å². The van der Waals surface area contributed by atoms with E-state index >= 15 is 0 Å². The van der Waals surface area contributed by atoms with Crippen LogP contribution in [0, 0.1) is 18.2 Å². The standard InChI is InChI=1S/C11H11FO2/c1-3-6-14-11-5-4-9(12)7-10(11)8(2)13/h1,4-5,7-8,13H,6H2,2H3/t8-/m1/s1. The molecule has 0 aliphatic rings. The molecule has 0 aromatic heterocycles. The van der Waals surface area contributed by atoms with E-state index in [4.69, 9.17) is 11.2 Å². The van der Waals surface area contributed by atoms with Crippen LogP contribution in [0.1, 0.15) is 18.6 Å². The van der Waals surface area contributed by atoms with Gasteiger partial charge in [-0.25, -0.2) is 4.39 Å². The lowest BCUT2D eigenvalue weighted by atomic mass is 10.1. The van der Waals surface area contributed by atoms with Crippen LogP contribution in [0.25, 0.3) is 0 Å². The van der Waals surface area contributed by atoms with Crippen molar-refractivity contribution in [1.82, 2.24) is 0 Å². The van der Waals surface area contributed by atoms with Crippen molar-refractivity contribution in [2.24, 2.45) is 0 Å². The van der Waals surface area contributed by atoms with E-state index in [0.717, 1.165) is 0 Å². The highest BCUT2D eigenvalue weighted by Crippen LogP contribution is 2.25. The molecule has 0 radical (unpaired) electrons. The molecular formula is C11H11FO2. The van der Waals surface area contributed by atoms with E-state index in [1.807, 2.05) is 0 Å². The minimum atomic E-state index is -0.779. The molecule has 0 saturated heterocycles. The zero-order chi connectivity index (χ0) is 10.6. The number of aliphatic hydroxyl groups excluding tert-OH is 1. The molecule has 0 spiro atoms. The van der Waals surface area contributed by atoms with Crippen LogP contribution in [-0.2, 0) is 0 Å². The molecule has 74 valence electrons. The van der Waals surface area contributed by atoms with E-state index in [1.54, 1.807) is 0 Å². The summed E-state index contributed by atoms with van der Waals surface area (Å²) in [5.74, 6) is 2.31. The number of ether oxygens (including phenoxy) is 1. The molecule has 1 rings (SSSR count). The first-order valence-electron chi connectivity index (χ1n) is 4.19. The van der Waals surface area contributed by atoms with Crippen molar-refractivity contribution in [3.63, 3.8) is 0 Å². The number of terminal acetylenes is 1. The molecule has 0 saturated carbocycles. The third kappa shape index (κ3) is 2.48. The highest BCUT2D eigenvalue weighted by molar-refractivity contribution is 5.35. The van der Waals surface area contributed by atoms with Gasteiger partial charge >= 0.3 is 0 Å².